The van der Waals surface area contributed by atoms with E-state index in [9.17, 15) is 4.79 Å². The summed E-state index contributed by atoms with van der Waals surface area (Å²) in [5.74, 6) is 0.743. The quantitative estimate of drug-likeness (QED) is 0.733. The zero-order valence-corrected chi connectivity index (χ0v) is 10.8. The van der Waals surface area contributed by atoms with Crippen molar-refractivity contribution >= 4 is 5.97 Å². The van der Waals surface area contributed by atoms with Crippen molar-refractivity contribution < 1.29 is 9.53 Å². The molecule has 1 N–H and O–H groups in total. The van der Waals surface area contributed by atoms with E-state index in [1.54, 1.807) is 0 Å². The van der Waals surface area contributed by atoms with E-state index in [2.05, 4.69) is 12.2 Å². The number of ether oxygens (including phenoxy) is 1. The maximum absolute atomic E-state index is 12.0. The minimum atomic E-state index is -0.392. The Morgan fingerprint density at radius 2 is 1.94 bits per heavy atom. The van der Waals surface area contributed by atoms with Gasteiger partial charge in [-0.1, -0.05) is 20.3 Å². The minimum absolute atomic E-state index is 0.0496. The third kappa shape index (κ3) is 2.97. The van der Waals surface area contributed by atoms with E-state index in [4.69, 9.17) is 4.74 Å². The first kappa shape index (κ1) is 13.5. The van der Waals surface area contributed by atoms with Crippen molar-refractivity contribution in [3.05, 3.63) is 0 Å². The van der Waals surface area contributed by atoms with Crippen molar-refractivity contribution in [3.63, 3.8) is 0 Å². The number of esters is 1. The van der Waals surface area contributed by atoms with Crippen LogP contribution >= 0.6 is 0 Å². The summed E-state index contributed by atoms with van der Waals surface area (Å²) in [6, 6.07) is 0. The Bertz CT molecular complexity index is 220. The van der Waals surface area contributed by atoms with Gasteiger partial charge < -0.3 is 10.1 Å². The average Bonchev–Trinajstić information content (AvgIpc) is 2.30. The number of nitrogens with one attached hydrogen (secondary N) is 1. The molecule has 1 fully saturated rings. The Balaban J connectivity index is 2.63. The summed E-state index contributed by atoms with van der Waals surface area (Å²) in [5, 5.41) is 3.35. The summed E-state index contributed by atoms with van der Waals surface area (Å²) in [6.45, 7) is 7.45. The molecule has 1 saturated carbocycles. The van der Waals surface area contributed by atoms with E-state index in [1.165, 1.54) is 6.42 Å². The molecule has 1 rings (SSSR count). The molecule has 0 aliphatic heterocycles. The first-order valence-electron chi connectivity index (χ1n) is 6.60. The van der Waals surface area contributed by atoms with Gasteiger partial charge in [0.05, 0.1) is 6.61 Å². The second-order valence-electron chi connectivity index (χ2n) is 4.68. The molecule has 0 aromatic carbocycles. The maximum Gasteiger partial charge on any atom is 0.326 e. The summed E-state index contributed by atoms with van der Waals surface area (Å²) in [5.41, 5.74) is -0.392. The molecular weight excluding hydrogens is 202 g/mol. The summed E-state index contributed by atoms with van der Waals surface area (Å²) < 4.78 is 5.20. The molecule has 0 heterocycles. The lowest BCUT2D eigenvalue weighted by Crippen LogP contribution is -2.54. The molecule has 0 amide bonds. The highest BCUT2D eigenvalue weighted by Gasteiger charge is 2.41. The minimum Gasteiger partial charge on any atom is -0.465 e. The highest BCUT2D eigenvalue weighted by molar-refractivity contribution is 5.81. The topological polar surface area (TPSA) is 38.3 Å². The van der Waals surface area contributed by atoms with Crippen molar-refractivity contribution in [2.45, 2.75) is 58.4 Å². The van der Waals surface area contributed by atoms with Crippen LogP contribution in [0.3, 0.4) is 0 Å². The smallest absolute Gasteiger partial charge is 0.326 e. The average molecular weight is 227 g/mol. The van der Waals surface area contributed by atoms with Crippen LogP contribution in [-0.4, -0.2) is 24.7 Å². The predicted octanol–water partition coefficient (Wildman–Crippen LogP) is 2.50. The number of rotatable bonds is 5. The van der Waals surface area contributed by atoms with Gasteiger partial charge in [0.25, 0.3) is 0 Å². The second kappa shape index (κ2) is 6.24. The van der Waals surface area contributed by atoms with Crippen molar-refractivity contribution in [3.8, 4) is 0 Å². The normalized spacial score (nSPS) is 30.1. The van der Waals surface area contributed by atoms with Crippen LogP contribution < -0.4 is 5.32 Å². The maximum atomic E-state index is 12.0. The standard InChI is InChI=1S/C13H25NO2/c1-4-11-7-9-13(10-8-11,14-5-2)12(15)16-6-3/h11,14H,4-10H2,1-3H3. The van der Waals surface area contributed by atoms with Gasteiger partial charge in [-0.15, -0.1) is 0 Å². The Labute approximate surface area is 98.9 Å². The van der Waals surface area contributed by atoms with E-state index < -0.39 is 5.54 Å². The zero-order chi connectivity index (χ0) is 12.0. The molecule has 3 nitrogen and oxygen atoms in total. The molecule has 0 saturated heterocycles. The highest BCUT2D eigenvalue weighted by atomic mass is 16.5. The van der Waals surface area contributed by atoms with E-state index in [0.29, 0.717) is 6.61 Å². The first-order valence-corrected chi connectivity index (χ1v) is 6.60. The fourth-order valence-corrected chi connectivity index (χ4v) is 2.64. The van der Waals surface area contributed by atoms with E-state index >= 15 is 0 Å². The van der Waals surface area contributed by atoms with Crippen LogP contribution in [0, 0.1) is 5.92 Å². The lowest BCUT2D eigenvalue weighted by molar-refractivity contribution is -0.153. The van der Waals surface area contributed by atoms with Crippen LogP contribution in [0.25, 0.3) is 0 Å². The molecule has 16 heavy (non-hydrogen) atoms. The molecule has 0 spiro atoms. The monoisotopic (exact) mass is 227 g/mol. The van der Waals surface area contributed by atoms with Crippen molar-refractivity contribution in [2.75, 3.05) is 13.2 Å². The van der Waals surface area contributed by atoms with Gasteiger partial charge in [0.1, 0.15) is 5.54 Å². The lowest BCUT2D eigenvalue weighted by Gasteiger charge is -2.38. The summed E-state index contributed by atoms with van der Waals surface area (Å²) in [7, 11) is 0. The van der Waals surface area contributed by atoms with E-state index in [1.807, 2.05) is 13.8 Å². The van der Waals surface area contributed by atoms with Crippen LogP contribution in [0.15, 0.2) is 0 Å². The molecule has 0 aromatic heterocycles. The number of carbonyl (C=O) groups excluding carboxylic acids is 1. The van der Waals surface area contributed by atoms with Gasteiger partial charge in [0.2, 0.25) is 0 Å². The van der Waals surface area contributed by atoms with E-state index in [-0.39, 0.29) is 5.97 Å². The Morgan fingerprint density at radius 1 is 1.31 bits per heavy atom. The van der Waals surface area contributed by atoms with Crippen molar-refractivity contribution in [1.82, 2.24) is 5.32 Å². The number of hydrogen-bond donors (Lipinski definition) is 1. The SMILES string of the molecule is CCNC1(C(=O)OCC)CCC(CC)CC1. The molecule has 1 aliphatic carbocycles. The lowest BCUT2D eigenvalue weighted by atomic mass is 9.75. The molecule has 0 atom stereocenters. The van der Waals surface area contributed by atoms with Gasteiger partial charge >= 0.3 is 5.97 Å². The number of hydrogen-bond acceptors (Lipinski definition) is 3. The number of carbonyl (C=O) groups is 1. The molecule has 0 radical (unpaired) electrons. The molecule has 1 aliphatic rings. The third-order valence-electron chi connectivity index (χ3n) is 3.72. The van der Waals surface area contributed by atoms with Gasteiger partial charge in [-0.25, -0.2) is 0 Å². The largest absolute Gasteiger partial charge is 0.465 e. The van der Waals surface area contributed by atoms with Crippen LogP contribution in [0.4, 0.5) is 0 Å². The molecule has 0 aromatic rings. The summed E-state index contributed by atoms with van der Waals surface area (Å²) in [4.78, 5) is 12.0. The molecular formula is C13H25NO2. The third-order valence-corrected chi connectivity index (χ3v) is 3.72. The van der Waals surface area contributed by atoms with Gasteiger partial charge in [0, 0.05) is 0 Å². The number of likely N-dealkylation sites (N-methyl/N-ethyl adjacent to an activating group) is 1. The predicted molar refractivity (Wildman–Crippen MR) is 65.3 cm³/mol. The summed E-state index contributed by atoms with van der Waals surface area (Å²) >= 11 is 0. The molecule has 3 heteroatoms. The first-order chi connectivity index (χ1) is 7.68. The van der Waals surface area contributed by atoms with Crippen LogP contribution in [0.1, 0.15) is 52.9 Å². The molecule has 0 bridgehead atoms. The van der Waals surface area contributed by atoms with Gasteiger partial charge in [-0.2, -0.15) is 0 Å². The van der Waals surface area contributed by atoms with E-state index in [0.717, 1.165) is 38.1 Å². The van der Waals surface area contributed by atoms with Crippen LogP contribution in [0.2, 0.25) is 0 Å². The molecule has 94 valence electrons. The van der Waals surface area contributed by atoms with Crippen LogP contribution in [-0.2, 0) is 9.53 Å². The Kier molecular flexibility index (Phi) is 5.26. The van der Waals surface area contributed by atoms with Gasteiger partial charge in [0.15, 0.2) is 0 Å². The van der Waals surface area contributed by atoms with Crippen molar-refractivity contribution in [1.29, 1.82) is 0 Å². The summed E-state index contributed by atoms with van der Waals surface area (Å²) in [6.07, 6.45) is 5.37. The molecule has 0 unspecified atom stereocenters. The Hall–Kier alpha value is -0.570. The second-order valence-corrected chi connectivity index (χ2v) is 4.68. The highest BCUT2D eigenvalue weighted by Crippen LogP contribution is 2.34. The van der Waals surface area contributed by atoms with Gasteiger partial charge in [-0.3, -0.25) is 4.79 Å². The van der Waals surface area contributed by atoms with Crippen molar-refractivity contribution in [2.24, 2.45) is 5.92 Å². The van der Waals surface area contributed by atoms with Gasteiger partial charge in [-0.05, 0) is 45.1 Å². The fourth-order valence-electron chi connectivity index (χ4n) is 2.64. The zero-order valence-electron chi connectivity index (χ0n) is 10.8. The fraction of sp³-hybridized carbons (Fsp3) is 0.923. The Morgan fingerprint density at radius 3 is 2.38 bits per heavy atom. The van der Waals surface area contributed by atoms with Crippen LogP contribution in [0.5, 0.6) is 0 Å².